The first-order valence-electron chi connectivity index (χ1n) is 6.71. The van der Waals surface area contributed by atoms with Crippen molar-refractivity contribution in [1.82, 2.24) is 4.90 Å². The van der Waals surface area contributed by atoms with Crippen LogP contribution < -0.4 is 10.5 Å². The lowest BCUT2D eigenvalue weighted by atomic mass is 10.1. The molecule has 0 aliphatic heterocycles. The molecule has 4 nitrogen and oxygen atoms in total. The van der Waals surface area contributed by atoms with Crippen molar-refractivity contribution >= 4 is 0 Å². The zero-order valence-corrected chi connectivity index (χ0v) is 12.2. The Morgan fingerprint density at radius 3 is 2.33 bits per heavy atom. The minimum atomic E-state index is -4.68. The van der Waals surface area contributed by atoms with Gasteiger partial charge in [0, 0.05) is 25.7 Å². The molecule has 1 aromatic rings. The highest BCUT2D eigenvalue weighted by molar-refractivity contribution is 5.29. The topological polar surface area (TPSA) is 47.7 Å². The van der Waals surface area contributed by atoms with Gasteiger partial charge in [-0.05, 0) is 31.7 Å². The van der Waals surface area contributed by atoms with Crippen LogP contribution in [0.1, 0.15) is 18.5 Å². The molecule has 0 amide bonds. The first kappa shape index (κ1) is 17.7. The number of nitrogens with zero attached hydrogens (tertiary/aromatic N) is 1. The second-order valence-electron chi connectivity index (χ2n) is 4.55. The van der Waals surface area contributed by atoms with Gasteiger partial charge in [0.25, 0.3) is 0 Å². The second kappa shape index (κ2) is 8.21. The molecular formula is C14H21F3N2O2. The molecule has 0 spiro atoms. The average Bonchev–Trinajstić information content (AvgIpc) is 2.40. The van der Waals surface area contributed by atoms with Crippen LogP contribution in [0.15, 0.2) is 24.3 Å². The van der Waals surface area contributed by atoms with Gasteiger partial charge in [0.15, 0.2) is 0 Å². The van der Waals surface area contributed by atoms with Gasteiger partial charge in [-0.25, -0.2) is 0 Å². The summed E-state index contributed by atoms with van der Waals surface area (Å²) in [6.07, 6.45) is -4.68. The van der Waals surface area contributed by atoms with Gasteiger partial charge in [-0.1, -0.05) is 12.1 Å². The predicted molar refractivity (Wildman–Crippen MR) is 74.0 cm³/mol. The van der Waals surface area contributed by atoms with E-state index in [1.165, 1.54) is 12.1 Å². The predicted octanol–water partition coefficient (Wildman–Crippen LogP) is 2.55. The number of benzene rings is 1. The number of likely N-dealkylation sites (N-methyl/N-ethyl adjacent to an activating group) is 1. The van der Waals surface area contributed by atoms with Gasteiger partial charge in [-0.3, -0.25) is 4.90 Å². The lowest BCUT2D eigenvalue weighted by Crippen LogP contribution is -2.33. The first-order chi connectivity index (χ1) is 9.87. The minimum absolute atomic E-state index is 0.0783. The summed E-state index contributed by atoms with van der Waals surface area (Å²) in [7, 11) is 1.90. The summed E-state index contributed by atoms with van der Waals surface area (Å²) in [5.41, 5.74) is 6.59. The summed E-state index contributed by atoms with van der Waals surface area (Å²) in [6.45, 7) is 4.20. The zero-order valence-electron chi connectivity index (χ0n) is 12.2. The van der Waals surface area contributed by atoms with Gasteiger partial charge in [-0.2, -0.15) is 0 Å². The van der Waals surface area contributed by atoms with Crippen LogP contribution in [0.3, 0.4) is 0 Å². The summed E-state index contributed by atoms with van der Waals surface area (Å²) in [6, 6.07) is 5.69. The maximum atomic E-state index is 12.1. The second-order valence-corrected chi connectivity index (χ2v) is 4.55. The molecule has 2 N–H and O–H groups in total. The Morgan fingerprint density at radius 2 is 1.86 bits per heavy atom. The Balaban J connectivity index is 2.68. The van der Waals surface area contributed by atoms with E-state index >= 15 is 0 Å². The van der Waals surface area contributed by atoms with E-state index in [4.69, 9.17) is 10.5 Å². The van der Waals surface area contributed by atoms with E-state index in [2.05, 4.69) is 4.74 Å². The van der Waals surface area contributed by atoms with E-state index in [9.17, 15) is 13.2 Å². The van der Waals surface area contributed by atoms with E-state index in [-0.39, 0.29) is 11.8 Å². The highest BCUT2D eigenvalue weighted by Gasteiger charge is 2.31. The quantitative estimate of drug-likeness (QED) is 0.750. The molecule has 120 valence electrons. The normalized spacial score (nSPS) is 13.5. The molecule has 0 saturated carbocycles. The lowest BCUT2D eigenvalue weighted by Gasteiger charge is -2.27. The Hall–Kier alpha value is -1.31. The molecule has 0 aliphatic carbocycles. The maximum Gasteiger partial charge on any atom is 0.573 e. The number of halogens is 3. The van der Waals surface area contributed by atoms with Crippen molar-refractivity contribution in [2.24, 2.45) is 5.73 Å². The monoisotopic (exact) mass is 306 g/mol. The Kier molecular flexibility index (Phi) is 6.94. The Morgan fingerprint density at radius 1 is 1.24 bits per heavy atom. The molecule has 1 unspecified atom stereocenters. The van der Waals surface area contributed by atoms with Gasteiger partial charge >= 0.3 is 6.36 Å². The van der Waals surface area contributed by atoms with Crippen LogP contribution in [0.25, 0.3) is 0 Å². The summed E-state index contributed by atoms with van der Waals surface area (Å²) in [5, 5.41) is 0. The molecule has 0 saturated heterocycles. The van der Waals surface area contributed by atoms with Crippen molar-refractivity contribution in [3.63, 3.8) is 0 Å². The van der Waals surface area contributed by atoms with Crippen molar-refractivity contribution in [3.05, 3.63) is 29.8 Å². The van der Waals surface area contributed by atoms with Crippen LogP contribution in [-0.4, -0.2) is 44.6 Å². The van der Waals surface area contributed by atoms with E-state index < -0.39 is 6.36 Å². The molecule has 0 aromatic heterocycles. The highest BCUT2D eigenvalue weighted by atomic mass is 19.4. The van der Waals surface area contributed by atoms with Crippen molar-refractivity contribution in [2.45, 2.75) is 19.3 Å². The minimum Gasteiger partial charge on any atom is -0.406 e. The number of hydrogen-bond acceptors (Lipinski definition) is 4. The van der Waals surface area contributed by atoms with Crippen molar-refractivity contribution in [1.29, 1.82) is 0 Å². The maximum absolute atomic E-state index is 12.1. The molecule has 0 aliphatic rings. The van der Waals surface area contributed by atoms with Crippen LogP contribution in [0.4, 0.5) is 13.2 Å². The summed E-state index contributed by atoms with van der Waals surface area (Å²) >= 11 is 0. The number of rotatable bonds is 8. The van der Waals surface area contributed by atoms with Gasteiger partial charge in [0.05, 0.1) is 6.61 Å². The van der Waals surface area contributed by atoms with E-state index in [0.717, 1.165) is 5.56 Å². The average molecular weight is 306 g/mol. The number of alkyl halides is 3. The molecule has 7 heteroatoms. The lowest BCUT2D eigenvalue weighted by molar-refractivity contribution is -0.274. The number of hydrogen-bond donors (Lipinski definition) is 1. The third kappa shape index (κ3) is 6.33. The Bertz CT molecular complexity index is 410. The summed E-state index contributed by atoms with van der Waals surface area (Å²) < 4.78 is 45.4. The van der Waals surface area contributed by atoms with Crippen molar-refractivity contribution in [3.8, 4) is 5.75 Å². The molecule has 0 radical (unpaired) electrons. The molecular weight excluding hydrogens is 285 g/mol. The third-order valence-corrected chi connectivity index (χ3v) is 3.05. The van der Waals surface area contributed by atoms with Crippen LogP contribution in [0.2, 0.25) is 0 Å². The fourth-order valence-electron chi connectivity index (χ4n) is 1.97. The zero-order chi connectivity index (χ0) is 15.9. The van der Waals surface area contributed by atoms with Gasteiger partial charge in [0.2, 0.25) is 0 Å². The third-order valence-electron chi connectivity index (χ3n) is 3.05. The smallest absolute Gasteiger partial charge is 0.406 e. The number of nitrogens with two attached hydrogens (primary N) is 1. The van der Waals surface area contributed by atoms with E-state index in [0.29, 0.717) is 26.3 Å². The fraction of sp³-hybridized carbons (Fsp3) is 0.571. The van der Waals surface area contributed by atoms with Crippen LogP contribution in [0.5, 0.6) is 5.75 Å². The summed E-state index contributed by atoms with van der Waals surface area (Å²) in [4.78, 5) is 2.01. The van der Waals surface area contributed by atoms with Crippen molar-refractivity contribution in [2.75, 3.05) is 33.4 Å². The molecule has 21 heavy (non-hydrogen) atoms. The number of ether oxygens (including phenoxy) is 2. The molecule has 1 aromatic carbocycles. The van der Waals surface area contributed by atoms with Crippen LogP contribution in [0, 0.1) is 0 Å². The molecule has 0 bridgehead atoms. The van der Waals surface area contributed by atoms with E-state index in [1.807, 2.05) is 18.9 Å². The van der Waals surface area contributed by atoms with Gasteiger partial charge < -0.3 is 15.2 Å². The highest BCUT2D eigenvalue weighted by Crippen LogP contribution is 2.25. The standard InChI is InChI=1S/C14H21F3N2O2/c1-3-20-9-8-19(2)13(10-18)11-4-6-12(7-5-11)21-14(15,16)17/h4-7,13H,3,8-10,18H2,1-2H3. The fourth-order valence-corrected chi connectivity index (χ4v) is 1.97. The molecule has 1 rings (SSSR count). The molecule has 0 heterocycles. The largest absolute Gasteiger partial charge is 0.573 e. The Labute approximate surface area is 122 Å². The first-order valence-corrected chi connectivity index (χ1v) is 6.71. The van der Waals surface area contributed by atoms with Gasteiger partial charge in [-0.15, -0.1) is 13.2 Å². The SMILES string of the molecule is CCOCCN(C)C(CN)c1ccc(OC(F)(F)F)cc1. The van der Waals surface area contributed by atoms with Crippen LogP contribution in [-0.2, 0) is 4.74 Å². The van der Waals surface area contributed by atoms with Crippen molar-refractivity contribution < 1.29 is 22.6 Å². The molecule has 0 fully saturated rings. The molecule has 1 atom stereocenters. The van der Waals surface area contributed by atoms with Crippen LogP contribution >= 0.6 is 0 Å². The summed E-state index contributed by atoms with van der Waals surface area (Å²) in [5.74, 6) is -0.237. The van der Waals surface area contributed by atoms with Gasteiger partial charge in [0.1, 0.15) is 5.75 Å². The van der Waals surface area contributed by atoms with E-state index in [1.54, 1.807) is 12.1 Å².